The Bertz CT molecular complexity index is 222. The Morgan fingerprint density at radius 2 is 2.07 bits per heavy atom. The van der Waals surface area contributed by atoms with Crippen LogP contribution in [0.5, 0.6) is 0 Å². The van der Waals surface area contributed by atoms with E-state index in [2.05, 4.69) is 11.8 Å². The number of carbonyl (C=O) groups excluding carboxylic acids is 1. The number of nitrogens with zero attached hydrogens (tertiary/aromatic N) is 1. The first kappa shape index (κ1) is 13.0. The summed E-state index contributed by atoms with van der Waals surface area (Å²) in [4.78, 5) is 14.3. The molecule has 1 saturated heterocycles. The van der Waals surface area contributed by atoms with Gasteiger partial charge in [-0.2, -0.15) is 11.8 Å². The van der Waals surface area contributed by atoms with Crippen molar-refractivity contribution in [3.8, 4) is 0 Å². The normalized spacial score (nSPS) is 24.9. The number of hydrogen-bond donors (Lipinski definition) is 0. The van der Waals surface area contributed by atoms with Crippen molar-refractivity contribution in [2.45, 2.75) is 40.2 Å². The van der Waals surface area contributed by atoms with Crippen LogP contribution in [-0.4, -0.2) is 41.3 Å². The predicted molar refractivity (Wildman–Crippen MR) is 67.4 cm³/mol. The Kier molecular flexibility index (Phi) is 4.65. The van der Waals surface area contributed by atoms with Crippen LogP contribution in [0.3, 0.4) is 0 Å². The molecule has 1 aliphatic rings. The Balaban J connectivity index is 2.52. The van der Waals surface area contributed by atoms with Gasteiger partial charge in [0, 0.05) is 23.8 Å². The van der Waals surface area contributed by atoms with E-state index in [1.807, 2.05) is 32.5 Å². The second-order valence-corrected chi connectivity index (χ2v) is 6.62. The minimum absolute atomic E-state index is 0.195. The van der Waals surface area contributed by atoms with Crippen molar-refractivity contribution in [2.24, 2.45) is 5.41 Å². The van der Waals surface area contributed by atoms with Crippen LogP contribution in [0, 0.1) is 5.41 Å². The van der Waals surface area contributed by atoms with Gasteiger partial charge in [-0.25, -0.2) is 0 Å². The second-order valence-electron chi connectivity index (χ2n) is 5.39. The van der Waals surface area contributed by atoms with Gasteiger partial charge in [-0.15, -0.1) is 0 Å². The summed E-state index contributed by atoms with van der Waals surface area (Å²) in [5.74, 6) is 2.77. The average molecular weight is 229 g/mol. The van der Waals surface area contributed by atoms with E-state index >= 15 is 0 Å². The molecule has 1 unspecified atom stereocenters. The standard InChI is InChI=1S/C12H23NOS/c1-10-5-7-15-8-6-13(10)9-11(14)12(2,3)4/h10H,5-9H2,1-4H3. The third kappa shape index (κ3) is 4.15. The summed E-state index contributed by atoms with van der Waals surface area (Å²) >= 11 is 2.00. The zero-order valence-corrected chi connectivity index (χ0v) is 11.2. The van der Waals surface area contributed by atoms with E-state index in [0.29, 0.717) is 18.4 Å². The molecule has 15 heavy (non-hydrogen) atoms. The summed E-state index contributed by atoms with van der Waals surface area (Å²) in [5, 5.41) is 0. The molecule has 0 saturated carbocycles. The average Bonchev–Trinajstić information content (AvgIpc) is 2.30. The maximum atomic E-state index is 11.9. The number of hydrogen-bond acceptors (Lipinski definition) is 3. The van der Waals surface area contributed by atoms with Gasteiger partial charge in [-0.1, -0.05) is 20.8 Å². The first-order valence-electron chi connectivity index (χ1n) is 5.76. The zero-order valence-electron chi connectivity index (χ0n) is 10.4. The number of rotatable bonds is 2. The Hall–Kier alpha value is -0.0200. The van der Waals surface area contributed by atoms with Gasteiger partial charge in [0.25, 0.3) is 0 Å². The highest BCUT2D eigenvalue weighted by molar-refractivity contribution is 7.99. The van der Waals surface area contributed by atoms with Crippen molar-refractivity contribution in [3.05, 3.63) is 0 Å². The lowest BCUT2D eigenvalue weighted by molar-refractivity contribution is -0.127. The largest absolute Gasteiger partial charge is 0.298 e. The summed E-state index contributed by atoms with van der Waals surface area (Å²) in [6.07, 6.45) is 1.21. The number of thioether (sulfide) groups is 1. The molecule has 0 aromatic carbocycles. The van der Waals surface area contributed by atoms with Gasteiger partial charge in [0.1, 0.15) is 0 Å². The van der Waals surface area contributed by atoms with Gasteiger partial charge in [-0.05, 0) is 19.1 Å². The predicted octanol–water partition coefficient (Wildman–Crippen LogP) is 2.43. The van der Waals surface area contributed by atoms with E-state index in [9.17, 15) is 4.79 Å². The highest BCUT2D eigenvalue weighted by Gasteiger charge is 2.26. The zero-order chi connectivity index (χ0) is 11.5. The van der Waals surface area contributed by atoms with Gasteiger partial charge in [0.05, 0.1) is 6.54 Å². The first-order chi connectivity index (χ1) is 6.91. The van der Waals surface area contributed by atoms with E-state index in [0.717, 1.165) is 6.54 Å². The number of ketones is 1. The molecule has 0 bridgehead atoms. The molecule has 0 aromatic heterocycles. The lowest BCUT2D eigenvalue weighted by Gasteiger charge is -2.28. The van der Waals surface area contributed by atoms with E-state index in [1.165, 1.54) is 17.9 Å². The first-order valence-corrected chi connectivity index (χ1v) is 6.92. The quantitative estimate of drug-likeness (QED) is 0.725. The summed E-state index contributed by atoms with van der Waals surface area (Å²) in [5.41, 5.74) is -0.195. The van der Waals surface area contributed by atoms with Crippen LogP contribution in [-0.2, 0) is 4.79 Å². The smallest absolute Gasteiger partial charge is 0.152 e. The van der Waals surface area contributed by atoms with E-state index in [1.54, 1.807) is 0 Å². The molecule has 2 nitrogen and oxygen atoms in total. The molecule has 88 valence electrons. The molecule has 3 heteroatoms. The molecule has 0 aromatic rings. The molecule has 1 heterocycles. The van der Waals surface area contributed by atoms with Crippen molar-refractivity contribution in [3.63, 3.8) is 0 Å². The molecule has 1 rings (SSSR count). The highest BCUT2D eigenvalue weighted by atomic mass is 32.2. The topological polar surface area (TPSA) is 20.3 Å². The molecule has 0 aliphatic carbocycles. The number of Topliss-reactive ketones (excluding diaryl/α,β-unsaturated/α-hetero) is 1. The molecule has 0 spiro atoms. The molecule has 0 radical (unpaired) electrons. The van der Waals surface area contributed by atoms with Crippen molar-refractivity contribution < 1.29 is 4.79 Å². The minimum Gasteiger partial charge on any atom is -0.298 e. The SMILES string of the molecule is CC1CCSCCN1CC(=O)C(C)(C)C. The van der Waals surface area contributed by atoms with Crippen LogP contribution in [0.15, 0.2) is 0 Å². The third-order valence-corrected chi connectivity index (χ3v) is 4.00. The lowest BCUT2D eigenvalue weighted by Crippen LogP contribution is -2.41. The summed E-state index contributed by atoms with van der Waals surface area (Å²) < 4.78 is 0. The number of carbonyl (C=O) groups is 1. The highest BCUT2D eigenvalue weighted by Crippen LogP contribution is 2.19. The van der Waals surface area contributed by atoms with Gasteiger partial charge in [-0.3, -0.25) is 9.69 Å². The van der Waals surface area contributed by atoms with E-state index in [4.69, 9.17) is 0 Å². The van der Waals surface area contributed by atoms with Gasteiger partial charge in [0.15, 0.2) is 5.78 Å². The second kappa shape index (κ2) is 5.35. The minimum atomic E-state index is -0.195. The lowest BCUT2D eigenvalue weighted by atomic mass is 9.90. The van der Waals surface area contributed by atoms with Crippen LogP contribution < -0.4 is 0 Å². The van der Waals surface area contributed by atoms with E-state index in [-0.39, 0.29) is 5.41 Å². The van der Waals surface area contributed by atoms with Crippen LogP contribution in [0.1, 0.15) is 34.1 Å². The summed E-state index contributed by atoms with van der Waals surface area (Å²) in [7, 11) is 0. The third-order valence-electron chi connectivity index (χ3n) is 3.01. The van der Waals surface area contributed by atoms with Crippen molar-refractivity contribution in [1.29, 1.82) is 0 Å². The molecule has 1 fully saturated rings. The molecule has 1 atom stereocenters. The van der Waals surface area contributed by atoms with Gasteiger partial charge in [0.2, 0.25) is 0 Å². The molecule has 0 amide bonds. The Morgan fingerprint density at radius 3 is 2.67 bits per heavy atom. The van der Waals surface area contributed by atoms with Crippen LogP contribution in [0.4, 0.5) is 0 Å². The Morgan fingerprint density at radius 1 is 1.40 bits per heavy atom. The molecular formula is C12H23NOS. The van der Waals surface area contributed by atoms with Crippen molar-refractivity contribution in [1.82, 2.24) is 4.90 Å². The maximum Gasteiger partial charge on any atom is 0.152 e. The molecular weight excluding hydrogens is 206 g/mol. The monoisotopic (exact) mass is 229 g/mol. The van der Waals surface area contributed by atoms with Crippen LogP contribution in [0.25, 0.3) is 0 Å². The fourth-order valence-corrected chi connectivity index (χ4v) is 2.67. The fraction of sp³-hybridized carbons (Fsp3) is 0.917. The van der Waals surface area contributed by atoms with Crippen LogP contribution >= 0.6 is 11.8 Å². The van der Waals surface area contributed by atoms with Crippen LogP contribution in [0.2, 0.25) is 0 Å². The maximum absolute atomic E-state index is 11.9. The van der Waals surface area contributed by atoms with Crippen molar-refractivity contribution >= 4 is 17.5 Å². The molecule has 1 aliphatic heterocycles. The summed E-state index contributed by atoms with van der Waals surface area (Å²) in [6, 6.07) is 0.561. The van der Waals surface area contributed by atoms with E-state index < -0.39 is 0 Å². The van der Waals surface area contributed by atoms with Gasteiger partial charge >= 0.3 is 0 Å². The molecule has 0 N–H and O–H groups in total. The van der Waals surface area contributed by atoms with Gasteiger partial charge < -0.3 is 0 Å². The fourth-order valence-electron chi connectivity index (χ4n) is 1.60. The van der Waals surface area contributed by atoms with Crippen molar-refractivity contribution in [2.75, 3.05) is 24.6 Å². The summed E-state index contributed by atoms with van der Waals surface area (Å²) in [6.45, 7) is 9.95. The Labute approximate surface area is 97.8 Å².